The van der Waals surface area contributed by atoms with Crippen LogP contribution in [-0.2, 0) is 26.2 Å². The molecule has 0 aliphatic rings. The monoisotopic (exact) mass is 543 g/mol. The average Bonchev–Trinajstić information content (AvgIpc) is 2.82. The SMILES string of the molecule is CCCCNC(=O)[C@H](C)N(Cc1ccc(Cl)c(Cl)c1)C(=O)CN(c1ccc(OC)cc1)S(C)(=O)=O. The molecule has 2 aromatic carbocycles. The standard InChI is InChI=1S/C24H31Cl2N3O5S/c1-5-6-13-27-24(31)17(2)28(15-18-7-12-21(25)22(26)14-18)23(30)16-29(35(4,32)33)19-8-10-20(34-3)11-9-19/h7-12,14,17H,5-6,13,15-16H2,1-4H3,(H,27,31)/t17-/m0/s1. The van der Waals surface area contributed by atoms with E-state index in [1.807, 2.05) is 6.92 Å². The molecule has 0 aliphatic heterocycles. The molecule has 2 rings (SSSR count). The van der Waals surface area contributed by atoms with Crippen LogP contribution in [0.1, 0.15) is 32.3 Å². The molecule has 0 unspecified atom stereocenters. The van der Waals surface area contributed by atoms with Crippen molar-refractivity contribution in [1.29, 1.82) is 0 Å². The minimum Gasteiger partial charge on any atom is -0.497 e. The maximum atomic E-state index is 13.5. The number of carbonyl (C=O) groups is 2. The summed E-state index contributed by atoms with van der Waals surface area (Å²) in [7, 11) is -2.31. The predicted octanol–water partition coefficient (Wildman–Crippen LogP) is 4.10. The summed E-state index contributed by atoms with van der Waals surface area (Å²) in [4.78, 5) is 27.6. The van der Waals surface area contributed by atoms with Gasteiger partial charge in [0.15, 0.2) is 0 Å². The molecule has 2 amide bonds. The number of hydrogen-bond acceptors (Lipinski definition) is 5. The maximum Gasteiger partial charge on any atom is 0.244 e. The summed E-state index contributed by atoms with van der Waals surface area (Å²) in [6.45, 7) is 3.65. The number of halogens is 2. The van der Waals surface area contributed by atoms with Gasteiger partial charge in [-0.25, -0.2) is 8.42 Å². The van der Waals surface area contributed by atoms with Gasteiger partial charge in [-0.1, -0.05) is 42.6 Å². The second-order valence-corrected chi connectivity index (χ2v) is 10.8. The second-order valence-electron chi connectivity index (χ2n) is 8.06. The van der Waals surface area contributed by atoms with Crippen LogP contribution in [0.2, 0.25) is 10.0 Å². The van der Waals surface area contributed by atoms with E-state index >= 15 is 0 Å². The fraction of sp³-hybridized carbons (Fsp3) is 0.417. The van der Waals surface area contributed by atoms with Crippen LogP contribution in [-0.4, -0.2) is 57.6 Å². The van der Waals surface area contributed by atoms with Gasteiger partial charge in [0.1, 0.15) is 18.3 Å². The third kappa shape index (κ3) is 8.30. The first kappa shape index (κ1) is 28.7. The first-order chi connectivity index (χ1) is 16.5. The minimum atomic E-state index is -3.81. The zero-order valence-corrected chi connectivity index (χ0v) is 22.6. The Labute approximate surface area is 217 Å². The van der Waals surface area contributed by atoms with Crippen LogP contribution >= 0.6 is 23.2 Å². The maximum absolute atomic E-state index is 13.5. The molecule has 0 aliphatic carbocycles. The molecule has 0 bridgehead atoms. The van der Waals surface area contributed by atoms with Gasteiger partial charge in [0.2, 0.25) is 21.8 Å². The van der Waals surface area contributed by atoms with E-state index in [1.54, 1.807) is 49.4 Å². The number of hydrogen-bond donors (Lipinski definition) is 1. The highest BCUT2D eigenvalue weighted by Gasteiger charge is 2.30. The van der Waals surface area contributed by atoms with Gasteiger partial charge in [0.05, 0.1) is 29.1 Å². The summed E-state index contributed by atoms with van der Waals surface area (Å²) in [6, 6.07) is 10.4. The first-order valence-corrected chi connectivity index (χ1v) is 13.7. The van der Waals surface area contributed by atoms with Crippen LogP contribution in [0.25, 0.3) is 0 Å². The number of nitrogens with one attached hydrogen (secondary N) is 1. The summed E-state index contributed by atoms with van der Waals surface area (Å²) in [6.07, 6.45) is 2.74. The molecule has 1 N–H and O–H groups in total. The van der Waals surface area contributed by atoms with Crippen molar-refractivity contribution in [3.05, 3.63) is 58.1 Å². The number of nitrogens with zero attached hydrogens (tertiary/aromatic N) is 2. The van der Waals surface area contributed by atoms with Gasteiger partial charge in [-0.2, -0.15) is 0 Å². The number of methoxy groups -OCH3 is 1. The lowest BCUT2D eigenvalue weighted by Crippen LogP contribution is -2.51. The van der Waals surface area contributed by atoms with E-state index in [4.69, 9.17) is 27.9 Å². The molecule has 0 aromatic heterocycles. The van der Waals surface area contributed by atoms with Crippen LogP contribution in [0.3, 0.4) is 0 Å². The van der Waals surface area contributed by atoms with Crippen LogP contribution in [0.4, 0.5) is 5.69 Å². The van der Waals surface area contributed by atoms with Crippen LogP contribution in [0, 0.1) is 0 Å². The summed E-state index contributed by atoms with van der Waals surface area (Å²) < 4.78 is 31.3. The van der Waals surface area contributed by atoms with Crippen LogP contribution in [0.5, 0.6) is 5.75 Å². The van der Waals surface area contributed by atoms with E-state index in [2.05, 4.69) is 5.32 Å². The van der Waals surface area contributed by atoms with Crippen molar-refractivity contribution in [3.8, 4) is 5.75 Å². The van der Waals surface area contributed by atoms with Crippen molar-refractivity contribution in [1.82, 2.24) is 10.2 Å². The third-order valence-electron chi connectivity index (χ3n) is 5.37. The molecule has 8 nitrogen and oxygen atoms in total. The van der Waals surface area contributed by atoms with E-state index in [-0.39, 0.29) is 12.5 Å². The molecule has 2 aromatic rings. The van der Waals surface area contributed by atoms with E-state index in [0.29, 0.717) is 33.6 Å². The number of carbonyl (C=O) groups excluding carboxylic acids is 2. The highest BCUT2D eigenvalue weighted by molar-refractivity contribution is 7.92. The van der Waals surface area contributed by atoms with Crippen LogP contribution in [0.15, 0.2) is 42.5 Å². The topological polar surface area (TPSA) is 96.0 Å². The largest absolute Gasteiger partial charge is 0.497 e. The van der Waals surface area contributed by atoms with E-state index in [1.165, 1.54) is 12.0 Å². The molecule has 192 valence electrons. The van der Waals surface area contributed by atoms with Gasteiger partial charge in [-0.3, -0.25) is 13.9 Å². The van der Waals surface area contributed by atoms with Crippen LogP contribution < -0.4 is 14.4 Å². The molecule has 1 atom stereocenters. The molecule has 0 heterocycles. The Morgan fingerprint density at radius 1 is 1.09 bits per heavy atom. The predicted molar refractivity (Wildman–Crippen MR) is 140 cm³/mol. The van der Waals surface area contributed by atoms with Gasteiger partial charge in [0, 0.05) is 13.1 Å². The highest BCUT2D eigenvalue weighted by Crippen LogP contribution is 2.25. The zero-order chi connectivity index (χ0) is 26.2. The van der Waals surface area contributed by atoms with Gasteiger partial charge < -0.3 is 15.0 Å². The number of benzene rings is 2. The summed E-state index contributed by atoms with van der Waals surface area (Å²) >= 11 is 12.2. The van der Waals surface area contributed by atoms with Crippen molar-refractivity contribution in [2.75, 3.05) is 30.8 Å². The molecule has 0 saturated heterocycles. The fourth-order valence-corrected chi connectivity index (χ4v) is 4.49. The Morgan fingerprint density at radius 2 is 1.74 bits per heavy atom. The van der Waals surface area contributed by atoms with Gasteiger partial charge in [-0.05, 0) is 55.3 Å². The number of rotatable bonds is 12. The fourth-order valence-electron chi connectivity index (χ4n) is 3.32. The van der Waals surface area contributed by atoms with E-state index < -0.39 is 28.5 Å². The number of unbranched alkanes of at least 4 members (excludes halogenated alkanes) is 1. The molecule has 11 heteroatoms. The normalized spacial score (nSPS) is 12.1. The molecular formula is C24H31Cl2N3O5S. The van der Waals surface area contributed by atoms with E-state index in [9.17, 15) is 18.0 Å². The Balaban J connectivity index is 2.36. The molecule has 0 radical (unpaired) electrons. The number of amides is 2. The Morgan fingerprint density at radius 3 is 2.29 bits per heavy atom. The van der Waals surface area contributed by atoms with Gasteiger partial charge >= 0.3 is 0 Å². The zero-order valence-electron chi connectivity index (χ0n) is 20.3. The van der Waals surface area contributed by atoms with Gasteiger partial charge in [0.25, 0.3) is 0 Å². The summed E-state index contributed by atoms with van der Waals surface area (Å²) in [5.74, 6) is -0.329. The lowest BCUT2D eigenvalue weighted by Gasteiger charge is -2.31. The second kappa shape index (κ2) is 13.0. The quantitative estimate of drug-likeness (QED) is 0.406. The minimum absolute atomic E-state index is 0.0400. The Kier molecular flexibility index (Phi) is 10.7. The van der Waals surface area contributed by atoms with Crippen molar-refractivity contribution < 1.29 is 22.7 Å². The molecular weight excluding hydrogens is 513 g/mol. The smallest absolute Gasteiger partial charge is 0.244 e. The molecule has 35 heavy (non-hydrogen) atoms. The van der Waals surface area contributed by atoms with E-state index in [0.717, 1.165) is 23.4 Å². The molecule has 0 spiro atoms. The summed E-state index contributed by atoms with van der Waals surface area (Å²) in [5.41, 5.74) is 0.951. The lowest BCUT2D eigenvalue weighted by molar-refractivity contribution is -0.139. The van der Waals surface area contributed by atoms with Crippen molar-refractivity contribution >= 4 is 50.7 Å². The number of sulfonamides is 1. The lowest BCUT2D eigenvalue weighted by atomic mass is 10.1. The Bertz CT molecular complexity index is 1130. The average molecular weight is 545 g/mol. The third-order valence-corrected chi connectivity index (χ3v) is 7.25. The number of anilines is 1. The highest BCUT2D eigenvalue weighted by atomic mass is 35.5. The van der Waals surface area contributed by atoms with Gasteiger partial charge in [-0.15, -0.1) is 0 Å². The summed E-state index contributed by atoms with van der Waals surface area (Å²) in [5, 5.41) is 3.50. The molecule has 0 saturated carbocycles. The first-order valence-electron chi connectivity index (χ1n) is 11.1. The van der Waals surface area contributed by atoms with Crippen molar-refractivity contribution in [2.24, 2.45) is 0 Å². The number of ether oxygens (including phenoxy) is 1. The van der Waals surface area contributed by atoms with Crippen molar-refractivity contribution in [2.45, 2.75) is 39.3 Å². The Hall–Kier alpha value is -2.49. The molecule has 0 fully saturated rings. The van der Waals surface area contributed by atoms with Crippen molar-refractivity contribution in [3.63, 3.8) is 0 Å².